The van der Waals surface area contributed by atoms with Gasteiger partial charge in [0, 0.05) is 32.2 Å². The third kappa shape index (κ3) is 6.72. The zero-order chi connectivity index (χ0) is 26.2. The minimum Gasteiger partial charge on any atom is -0.480 e. The lowest BCUT2D eigenvalue weighted by atomic mass is 9.93. The zero-order valence-electron chi connectivity index (χ0n) is 19.0. The molecule has 0 bridgehead atoms. The summed E-state index contributed by atoms with van der Waals surface area (Å²) in [5, 5.41) is 9.14. The second-order valence-electron chi connectivity index (χ2n) is 9.08. The minimum atomic E-state index is -4.69. The number of hydrogen-bond donors (Lipinski definition) is 1. The normalized spacial score (nSPS) is 18.6. The first-order valence-corrected chi connectivity index (χ1v) is 10.8. The molecule has 1 N–H and O–H groups in total. The molecule has 1 heterocycles. The molecule has 4 nitrogen and oxygen atoms in total. The number of halogens is 7. The Balaban J connectivity index is 1.99. The maximum atomic E-state index is 14.5. The molecule has 11 heteroatoms. The van der Waals surface area contributed by atoms with Crippen molar-refractivity contribution < 1.29 is 40.6 Å². The molecule has 1 fully saturated rings. The number of benzene rings is 2. The third-order valence-electron chi connectivity index (χ3n) is 6.03. The molecule has 192 valence electrons. The second-order valence-corrected chi connectivity index (χ2v) is 9.08. The van der Waals surface area contributed by atoms with Crippen LogP contribution < -0.4 is 0 Å². The van der Waals surface area contributed by atoms with E-state index >= 15 is 0 Å². The van der Waals surface area contributed by atoms with Crippen molar-refractivity contribution in [1.29, 1.82) is 0 Å². The van der Waals surface area contributed by atoms with Crippen molar-refractivity contribution in [2.45, 2.75) is 44.5 Å². The molecule has 35 heavy (non-hydrogen) atoms. The van der Waals surface area contributed by atoms with E-state index in [2.05, 4.69) is 0 Å². The summed E-state index contributed by atoms with van der Waals surface area (Å²) in [7, 11) is 0. The standard InChI is InChI=1S/C24H25F7N2O2/c1-22(2,25)18-7-8-19(24(29,30)31)16(11-18)12-33-10-9-32(14-21(34)35)13-20(33)15-3-5-17(6-4-15)23(26,27)28/h3-8,11,20H,9-10,12-14H2,1-2H3,(H,34,35). The minimum absolute atomic E-state index is 0.0658. The highest BCUT2D eigenvalue weighted by atomic mass is 19.4. The average molecular weight is 506 g/mol. The lowest BCUT2D eigenvalue weighted by Gasteiger charge is -2.41. The van der Waals surface area contributed by atoms with Crippen molar-refractivity contribution >= 4 is 5.97 Å². The molecule has 1 atom stereocenters. The first-order chi connectivity index (χ1) is 16.1. The molecule has 0 amide bonds. The van der Waals surface area contributed by atoms with Crippen molar-refractivity contribution in [2.24, 2.45) is 0 Å². The largest absolute Gasteiger partial charge is 0.480 e. The fourth-order valence-electron chi connectivity index (χ4n) is 4.20. The van der Waals surface area contributed by atoms with Crippen molar-refractivity contribution in [3.63, 3.8) is 0 Å². The highest BCUT2D eigenvalue weighted by Crippen LogP contribution is 2.38. The SMILES string of the molecule is CC(C)(F)c1ccc(C(F)(F)F)c(CN2CCN(CC(=O)O)CC2c2ccc(C(F)(F)F)cc2)c1. The lowest BCUT2D eigenvalue weighted by molar-refractivity contribution is -0.140. The van der Waals surface area contributed by atoms with E-state index in [0.29, 0.717) is 5.56 Å². The van der Waals surface area contributed by atoms with E-state index in [1.54, 1.807) is 9.80 Å². The summed E-state index contributed by atoms with van der Waals surface area (Å²) < 4.78 is 94.7. The van der Waals surface area contributed by atoms with Gasteiger partial charge in [0.25, 0.3) is 0 Å². The van der Waals surface area contributed by atoms with E-state index in [4.69, 9.17) is 5.11 Å². The van der Waals surface area contributed by atoms with Crippen LogP contribution in [0.25, 0.3) is 0 Å². The zero-order valence-corrected chi connectivity index (χ0v) is 19.0. The second kappa shape index (κ2) is 9.77. The molecular weight excluding hydrogens is 481 g/mol. The molecule has 3 rings (SSSR count). The van der Waals surface area contributed by atoms with Gasteiger partial charge in [0.1, 0.15) is 5.67 Å². The smallest absolute Gasteiger partial charge is 0.416 e. The van der Waals surface area contributed by atoms with Crippen molar-refractivity contribution in [1.82, 2.24) is 9.80 Å². The summed E-state index contributed by atoms with van der Waals surface area (Å²) >= 11 is 0. The van der Waals surface area contributed by atoms with Crippen LogP contribution in [-0.4, -0.2) is 47.1 Å². The Morgan fingerprint density at radius 3 is 2.03 bits per heavy atom. The van der Waals surface area contributed by atoms with Gasteiger partial charge in [-0.2, -0.15) is 26.3 Å². The van der Waals surface area contributed by atoms with Crippen LogP contribution in [0.3, 0.4) is 0 Å². The molecule has 2 aromatic rings. The quantitative estimate of drug-likeness (QED) is 0.498. The first-order valence-electron chi connectivity index (χ1n) is 10.8. The van der Waals surface area contributed by atoms with Crippen LogP contribution in [0.4, 0.5) is 30.7 Å². The molecule has 0 aliphatic carbocycles. The average Bonchev–Trinajstić information content (AvgIpc) is 2.72. The van der Waals surface area contributed by atoms with Crippen LogP contribution in [0.1, 0.15) is 47.7 Å². The number of aliphatic carboxylic acids is 1. The maximum absolute atomic E-state index is 14.5. The Kier molecular flexibility index (Phi) is 7.52. The highest BCUT2D eigenvalue weighted by molar-refractivity contribution is 5.69. The summed E-state index contributed by atoms with van der Waals surface area (Å²) in [6, 6.07) is 6.68. The Morgan fingerprint density at radius 2 is 1.51 bits per heavy atom. The van der Waals surface area contributed by atoms with Crippen LogP contribution in [0.15, 0.2) is 42.5 Å². The van der Waals surface area contributed by atoms with Gasteiger partial charge in [-0.3, -0.25) is 14.6 Å². The van der Waals surface area contributed by atoms with E-state index in [9.17, 15) is 35.5 Å². The van der Waals surface area contributed by atoms with E-state index in [1.807, 2.05) is 0 Å². The molecule has 0 saturated carbocycles. The number of nitrogens with zero attached hydrogens (tertiary/aromatic N) is 2. The Hall–Kier alpha value is -2.66. The fourth-order valence-corrected chi connectivity index (χ4v) is 4.20. The number of rotatable bonds is 6. The van der Waals surface area contributed by atoms with Crippen molar-refractivity contribution in [2.75, 3.05) is 26.2 Å². The predicted octanol–water partition coefficient (Wildman–Crippen LogP) is 5.87. The monoisotopic (exact) mass is 506 g/mol. The van der Waals surface area contributed by atoms with Gasteiger partial charge in [-0.25, -0.2) is 4.39 Å². The summed E-state index contributed by atoms with van der Waals surface area (Å²) in [6.07, 6.45) is -9.25. The lowest BCUT2D eigenvalue weighted by Crippen LogP contribution is -2.49. The van der Waals surface area contributed by atoms with Gasteiger partial charge in [-0.15, -0.1) is 0 Å². The summed E-state index contributed by atoms with van der Waals surface area (Å²) in [5.41, 5.74) is -3.37. The van der Waals surface area contributed by atoms with Gasteiger partial charge in [0.2, 0.25) is 0 Å². The number of alkyl halides is 7. The number of hydrogen-bond acceptors (Lipinski definition) is 3. The van der Waals surface area contributed by atoms with Gasteiger partial charge >= 0.3 is 18.3 Å². The van der Waals surface area contributed by atoms with Crippen LogP contribution in [0.5, 0.6) is 0 Å². The summed E-state index contributed by atoms with van der Waals surface area (Å²) in [6.45, 7) is 2.39. The topological polar surface area (TPSA) is 43.8 Å². The molecule has 0 aromatic heterocycles. The van der Waals surface area contributed by atoms with Crippen LogP contribution in [0, 0.1) is 0 Å². The van der Waals surface area contributed by atoms with E-state index in [1.165, 1.54) is 26.0 Å². The molecule has 1 unspecified atom stereocenters. The molecule has 1 saturated heterocycles. The van der Waals surface area contributed by atoms with Crippen LogP contribution in [0.2, 0.25) is 0 Å². The van der Waals surface area contributed by atoms with Crippen molar-refractivity contribution in [3.05, 3.63) is 70.3 Å². The molecular formula is C24H25F7N2O2. The Labute approximate surface area is 197 Å². The first kappa shape index (κ1) is 26.9. The number of carbonyl (C=O) groups is 1. The predicted molar refractivity (Wildman–Crippen MR) is 114 cm³/mol. The number of carboxylic acid groups (broad SMARTS) is 1. The Morgan fingerprint density at radius 1 is 0.914 bits per heavy atom. The molecule has 0 spiro atoms. The van der Waals surface area contributed by atoms with E-state index < -0.39 is 41.2 Å². The molecule has 0 radical (unpaired) electrons. The third-order valence-corrected chi connectivity index (χ3v) is 6.03. The number of carboxylic acids is 1. The van der Waals surface area contributed by atoms with Crippen LogP contribution in [-0.2, 0) is 29.4 Å². The molecule has 2 aromatic carbocycles. The summed E-state index contributed by atoms with van der Waals surface area (Å²) in [5.74, 6) is -1.10. The maximum Gasteiger partial charge on any atom is 0.416 e. The van der Waals surface area contributed by atoms with Gasteiger partial charge in [0.15, 0.2) is 0 Å². The highest BCUT2D eigenvalue weighted by Gasteiger charge is 2.37. The Bertz CT molecular complexity index is 1040. The van der Waals surface area contributed by atoms with E-state index in [0.717, 1.165) is 30.3 Å². The van der Waals surface area contributed by atoms with Crippen LogP contribution >= 0.6 is 0 Å². The van der Waals surface area contributed by atoms with Gasteiger partial charge in [0.05, 0.1) is 17.7 Å². The summed E-state index contributed by atoms with van der Waals surface area (Å²) in [4.78, 5) is 14.4. The number of piperazine rings is 1. The molecule has 1 aliphatic rings. The van der Waals surface area contributed by atoms with Gasteiger partial charge in [-0.1, -0.05) is 24.3 Å². The van der Waals surface area contributed by atoms with E-state index in [-0.39, 0.29) is 43.9 Å². The fraction of sp³-hybridized carbons (Fsp3) is 0.458. The van der Waals surface area contributed by atoms with Gasteiger partial charge in [-0.05, 0) is 48.7 Å². The van der Waals surface area contributed by atoms with Gasteiger partial charge < -0.3 is 5.11 Å². The van der Waals surface area contributed by atoms with Crippen molar-refractivity contribution in [3.8, 4) is 0 Å². The molecule has 1 aliphatic heterocycles.